The fraction of sp³-hybridized carbons (Fsp3) is 0.529. The third kappa shape index (κ3) is 4.48. The lowest BCUT2D eigenvalue weighted by molar-refractivity contribution is -0.132. The molecule has 5 nitrogen and oxygen atoms in total. The predicted octanol–water partition coefficient (Wildman–Crippen LogP) is 1.93. The summed E-state index contributed by atoms with van der Waals surface area (Å²) in [6.07, 6.45) is 1.97. The molecule has 120 valence electrons. The summed E-state index contributed by atoms with van der Waals surface area (Å²) < 4.78 is 5.59. The third-order valence-electron chi connectivity index (χ3n) is 3.86. The number of carbonyl (C=O) groups excluding carboxylic acids is 2. The summed E-state index contributed by atoms with van der Waals surface area (Å²) in [6.45, 7) is 5.85. The smallest absolute Gasteiger partial charge is 0.223 e. The number of benzene rings is 1. The quantitative estimate of drug-likeness (QED) is 0.844. The molecule has 1 saturated heterocycles. The number of carbonyl (C=O) groups is 2. The van der Waals surface area contributed by atoms with Crippen LogP contribution in [0, 0.1) is 12.8 Å². The molecule has 1 unspecified atom stereocenters. The molecule has 0 aromatic heterocycles. The number of nitrogens with one attached hydrogen (secondary N) is 2. The SMILES string of the molecule is CCCOc1ccc(CNC(=O)C2CCNC(=O)C2)c(C)c1. The maximum atomic E-state index is 12.1. The van der Waals surface area contributed by atoms with Gasteiger partial charge in [0.25, 0.3) is 0 Å². The fourth-order valence-electron chi connectivity index (χ4n) is 2.51. The first-order valence-electron chi connectivity index (χ1n) is 7.87. The molecule has 1 atom stereocenters. The van der Waals surface area contributed by atoms with Crippen LogP contribution in [0.4, 0.5) is 0 Å². The van der Waals surface area contributed by atoms with Crippen LogP contribution in [0.1, 0.15) is 37.3 Å². The Morgan fingerprint density at radius 1 is 1.45 bits per heavy atom. The van der Waals surface area contributed by atoms with E-state index >= 15 is 0 Å². The molecule has 22 heavy (non-hydrogen) atoms. The zero-order valence-corrected chi connectivity index (χ0v) is 13.3. The molecule has 1 fully saturated rings. The summed E-state index contributed by atoms with van der Waals surface area (Å²) in [6, 6.07) is 5.90. The molecule has 1 aromatic carbocycles. The first kappa shape index (κ1) is 16.3. The predicted molar refractivity (Wildman–Crippen MR) is 84.5 cm³/mol. The summed E-state index contributed by atoms with van der Waals surface area (Å²) in [5.74, 6) is 0.570. The molecule has 0 saturated carbocycles. The summed E-state index contributed by atoms with van der Waals surface area (Å²) in [5.41, 5.74) is 2.16. The van der Waals surface area contributed by atoms with Crippen LogP contribution in [0.3, 0.4) is 0 Å². The normalized spacial score (nSPS) is 17.7. The van der Waals surface area contributed by atoms with Gasteiger partial charge >= 0.3 is 0 Å². The van der Waals surface area contributed by atoms with Crippen molar-refractivity contribution in [2.45, 2.75) is 39.7 Å². The summed E-state index contributed by atoms with van der Waals surface area (Å²) in [7, 11) is 0. The highest BCUT2D eigenvalue weighted by atomic mass is 16.5. The van der Waals surface area contributed by atoms with Crippen LogP contribution in [-0.2, 0) is 16.1 Å². The highest BCUT2D eigenvalue weighted by Crippen LogP contribution is 2.18. The molecular formula is C17H24N2O3. The van der Waals surface area contributed by atoms with E-state index in [0.29, 0.717) is 26.1 Å². The Labute approximate surface area is 131 Å². The van der Waals surface area contributed by atoms with Crippen molar-refractivity contribution in [3.63, 3.8) is 0 Å². The van der Waals surface area contributed by atoms with Crippen molar-refractivity contribution in [1.29, 1.82) is 0 Å². The molecule has 1 aromatic rings. The Bertz CT molecular complexity index is 543. The second-order valence-corrected chi connectivity index (χ2v) is 5.69. The molecule has 0 bridgehead atoms. The van der Waals surface area contributed by atoms with Crippen LogP contribution in [0.2, 0.25) is 0 Å². The maximum Gasteiger partial charge on any atom is 0.223 e. The number of hydrogen-bond acceptors (Lipinski definition) is 3. The largest absolute Gasteiger partial charge is 0.494 e. The molecule has 2 amide bonds. The van der Waals surface area contributed by atoms with Crippen molar-refractivity contribution in [2.75, 3.05) is 13.2 Å². The van der Waals surface area contributed by atoms with Crippen LogP contribution in [0.5, 0.6) is 5.75 Å². The molecule has 2 rings (SSSR count). The van der Waals surface area contributed by atoms with Crippen LogP contribution in [-0.4, -0.2) is 25.0 Å². The van der Waals surface area contributed by atoms with Crippen LogP contribution in [0.25, 0.3) is 0 Å². The minimum Gasteiger partial charge on any atom is -0.494 e. The van der Waals surface area contributed by atoms with E-state index in [9.17, 15) is 9.59 Å². The van der Waals surface area contributed by atoms with E-state index in [1.54, 1.807) is 0 Å². The van der Waals surface area contributed by atoms with E-state index in [0.717, 1.165) is 23.3 Å². The Hall–Kier alpha value is -2.04. The van der Waals surface area contributed by atoms with Crippen LogP contribution < -0.4 is 15.4 Å². The van der Waals surface area contributed by atoms with Gasteiger partial charge in [-0.2, -0.15) is 0 Å². The highest BCUT2D eigenvalue weighted by molar-refractivity contribution is 5.86. The topological polar surface area (TPSA) is 67.4 Å². The Morgan fingerprint density at radius 3 is 2.95 bits per heavy atom. The number of amides is 2. The number of rotatable bonds is 6. The van der Waals surface area contributed by atoms with Gasteiger partial charge in [0.1, 0.15) is 5.75 Å². The van der Waals surface area contributed by atoms with Crippen molar-refractivity contribution in [2.24, 2.45) is 5.92 Å². The van der Waals surface area contributed by atoms with Gasteiger partial charge in [0.05, 0.1) is 6.61 Å². The monoisotopic (exact) mass is 304 g/mol. The Kier molecular flexibility index (Phi) is 5.81. The van der Waals surface area contributed by atoms with Gasteiger partial charge in [-0.15, -0.1) is 0 Å². The van der Waals surface area contributed by atoms with Crippen molar-refractivity contribution >= 4 is 11.8 Å². The van der Waals surface area contributed by atoms with Crippen molar-refractivity contribution < 1.29 is 14.3 Å². The molecule has 1 heterocycles. The fourth-order valence-corrected chi connectivity index (χ4v) is 2.51. The summed E-state index contributed by atoms with van der Waals surface area (Å²) in [5, 5.41) is 5.67. The number of hydrogen-bond donors (Lipinski definition) is 2. The molecular weight excluding hydrogens is 280 g/mol. The second kappa shape index (κ2) is 7.82. The van der Waals surface area contributed by atoms with E-state index in [2.05, 4.69) is 17.6 Å². The number of piperidine rings is 1. The third-order valence-corrected chi connectivity index (χ3v) is 3.86. The molecule has 0 radical (unpaired) electrons. The van der Waals surface area contributed by atoms with E-state index in [4.69, 9.17) is 4.74 Å². The van der Waals surface area contributed by atoms with E-state index in [1.165, 1.54) is 0 Å². The maximum absolute atomic E-state index is 12.1. The van der Waals surface area contributed by atoms with Crippen molar-refractivity contribution in [3.05, 3.63) is 29.3 Å². The lowest BCUT2D eigenvalue weighted by atomic mass is 9.96. The van der Waals surface area contributed by atoms with Crippen molar-refractivity contribution in [1.82, 2.24) is 10.6 Å². The Morgan fingerprint density at radius 2 is 2.27 bits per heavy atom. The summed E-state index contributed by atoms with van der Waals surface area (Å²) >= 11 is 0. The first-order valence-corrected chi connectivity index (χ1v) is 7.87. The van der Waals surface area contributed by atoms with E-state index in [1.807, 2.05) is 25.1 Å². The molecule has 0 aliphatic carbocycles. The highest BCUT2D eigenvalue weighted by Gasteiger charge is 2.25. The van der Waals surface area contributed by atoms with Crippen LogP contribution in [0.15, 0.2) is 18.2 Å². The molecule has 2 N–H and O–H groups in total. The van der Waals surface area contributed by atoms with Gasteiger partial charge in [-0.25, -0.2) is 0 Å². The lowest BCUT2D eigenvalue weighted by Crippen LogP contribution is -2.40. The van der Waals surface area contributed by atoms with Gasteiger partial charge in [0.2, 0.25) is 11.8 Å². The number of aryl methyl sites for hydroxylation is 1. The standard InChI is InChI=1S/C17H24N2O3/c1-3-8-22-15-5-4-14(12(2)9-15)11-19-17(21)13-6-7-18-16(20)10-13/h4-5,9,13H,3,6-8,10-11H2,1-2H3,(H,18,20)(H,19,21). The average Bonchev–Trinajstić information content (AvgIpc) is 2.51. The second-order valence-electron chi connectivity index (χ2n) is 5.69. The van der Waals surface area contributed by atoms with Gasteiger partial charge in [-0.05, 0) is 43.0 Å². The van der Waals surface area contributed by atoms with Gasteiger partial charge in [-0.3, -0.25) is 9.59 Å². The van der Waals surface area contributed by atoms with Gasteiger partial charge < -0.3 is 15.4 Å². The first-order chi connectivity index (χ1) is 10.6. The Balaban J connectivity index is 1.88. The zero-order chi connectivity index (χ0) is 15.9. The van der Waals surface area contributed by atoms with Gasteiger partial charge in [0.15, 0.2) is 0 Å². The average molecular weight is 304 g/mol. The van der Waals surface area contributed by atoms with E-state index < -0.39 is 0 Å². The molecule has 1 aliphatic heterocycles. The summed E-state index contributed by atoms with van der Waals surface area (Å²) in [4.78, 5) is 23.4. The van der Waals surface area contributed by atoms with Gasteiger partial charge in [-0.1, -0.05) is 13.0 Å². The minimum absolute atomic E-state index is 0.0411. The zero-order valence-electron chi connectivity index (χ0n) is 13.3. The van der Waals surface area contributed by atoms with Crippen LogP contribution >= 0.6 is 0 Å². The number of ether oxygens (including phenoxy) is 1. The molecule has 5 heteroatoms. The van der Waals surface area contributed by atoms with Gasteiger partial charge in [0, 0.05) is 25.4 Å². The van der Waals surface area contributed by atoms with Crippen molar-refractivity contribution in [3.8, 4) is 5.75 Å². The van der Waals surface area contributed by atoms with E-state index in [-0.39, 0.29) is 24.2 Å². The molecule has 0 spiro atoms. The minimum atomic E-state index is -0.207. The molecule has 1 aliphatic rings. The lowest BCUT2D eigenvalue weighted by Gasteiger charge is -2.21.